The summed E-state index contributed by atoms with van der Waals surface area (Å²) in [6.45, 7) is 11.5. The number of nitro benzene ring substituents is 1. The first-order valence-corrected chi connectivity index (χ1v) is 21.0. The van der Waals surface area contributed by atoms with Crippen molar-refractivity contribution in [3.63, 3.8) is 0 Å². The van der Waals surface area contributed by atoms with Gasteiger partial charge in [-0.25, -0.2) is 14.0 Å². The highest BCUT2D eigenvalue weighted by molar-refractivity contribution is 6.08. The molecule has 4 fully saturated rings. The summed E-state index contributed by atoms with van der Waals surface area (Å²) in [7, 11) is 5.01. The Bertz CT molecular complexity index is 1900. The summed E-state index contributed by atoms with van der Waals surface area (Å²) in [5.74, 6) is -6.49. The van der Waals surface area contributed by atoms with Crippen LogP contribution in [0.2, 0.25) is 0 Å². The second-order valence-electron chi connectivity index (χ2n) is 18.1. The number of likely N-dealkylation sites (N-methyl/N-ethyl adjacent to an activating group) is 1. The zero-order valence-corrected chi connectivity index (χ0v) is 36.6. The number of ketones is 2. The van der Waals surface area contributed by atoms with E-state index in [0.717, 1.165) is 6.92 Å². The average Bonchev–Trinajstić information content (AvgIpc) is 3.50. The number of rotatable bonds is 11. The molecule has 19 heteroatoms. The third kappa shape index (κ3) is 8.61. The smallest absolute Gasteiger partial charge is 0.410 e. The highest BCUT2D eigenvalue weighted by Crippen LogP contribution is 2.59. The van der Waals surface area contributed by atoms with Crippen LogP contribution in [0.5, 0.6) is 0 Å². The normalized spacial score (nSPS) is 39.5. The van der Waals surface area contributed by atoms with Crippen LogP contribution in [0.4, 0.5) is 14.9 Å². The van der Waals surface area contributed by atoms with Crippen LogP contribution in [-0.2, 0) is 38.1 Å². The molecule has 4 heterocycles. The van der Waals surface area contributed by atoms with Gasteiger partial charge >= 0.3 is 12.1 Å². The van der Waals surface area contributed by atoms with E-state index in [4.69, 9.17) is 23.7 Å². The van der Waals surface area contributed by atoms with Crippen LogP contribution in [-0.4, -0.2) is 142 Å². The molecule has 1 aromatic rings. The number of unbranched alkanes of at least 4 members (excludes halogenated alkanes) is 1. The number of aliphatic hydroxyl groups excluding tert-OH is 1. The van der Waals surface area contributed by atoms with Gasteiger partial charge in [0.1, 0.15) is 11.9 Å². The van der Waals surface area contributed by atoms with Crippen molar-refractivity contribution in [3.8, 4) is 0 Å². The first-order valence-electron chi connectivity index (χ1n) is 21.0. The van der Waals surface area contributed by atoms with Gasteiger partial charge in [-0.15, -0.1) is 5.53 Å². The number of benzene rings is 1. The van der Waals surface area contributed by atoms with Crippen molar-refractivity contribution in [2.75, 3.05) is 34.3 Å². The van der Waals surface area contributed by atoms with Crippen molar-refractivity contribution in [1.29, 1.82) is 0 Å². The van der Waals surface area contributed by atoms with Crippen LogP contribution in [0.25, 0.3) is 5.70 Å². The predicted molar refractivity (Wildman–Crippen MR) is 216 cm³/mol. The Hall–Kier alpha value is -4.27. The monoisotopic (exact) mass is 860 g/mol. The number of nitro groups is 1. The number of nitrogens with one attached hydrogen (secondary N) is 2. The number of esters is 1. The van der Waals surface area contributed by atoms with E-state index in [2.05, 4.69) is 11.0 Å². The van der Waals surface area contributed by atoms with E-state index in [1.165, 1.54) is 31.1 Å². The van der Waals surface area contributed by atoms with E-state index in [1.807, 2.05) is 25.9 Å². The summed E-state index contributed by atoms with van der Waals surface area (Å²) in [6.07, 6.45) is -2.68. The maximum atomic E-state index is 16.8. The zero-order valence-electron chi connectivity index (χ0n) is 36.6. The lowest BCUT2D eigenvalue weighted by molar-refractivity contribution is -0.384. The number of methoxy groups -OCH3 is 1. The molecule has 3 N–H and O–H groups in total. The number of nitrogens with zero attached hydrogens (tertiary/aromatic N) is 4. The largest absolute Gasteiger partial charge is 0.455 e. The number of non-ortho nitro benzene ring substituents is 1. The number of hydrogen-bond donors (Lipinski definition) is 3. The molecule has 1 aliphatic carbocycles. The first kappa shape index (κ1) is 46.2. The summed E-state index contributed by atoms with van der Waals surface area (Å²) in [5, 5.41) is 24.4. The summed E-state index contributed by atoms with van der Waals surface area (Å²) in [4.78, 5) is 70.6. The van der Waals surface area contributed by atoms with Crippen LogP contribution in [0.15, 0.2) is 30.5 Å². The predicted octanol–water partition coefficient (Wildman–Crippen LogP) is 3.51. The molecule has 1 amide bonds. The summed E-state index contributed by atoms with van der Waals surface area (Å²) >= 11 is 0. The Morgan fingerprint density at radius 1 is 1.07 bits per heavy atom. The van der Waals surface area contributed by atoms with Gasteiger partial charge < -0.3 is 44.0 Å². The van der Waals surface area contributed by atoms with Gasteiger partial charge in [-0.1, -0.05) is 39.8 Å². The molecular weight excluding hydrogens is 799 g/mol. The van der Waals surface area contributed by atoms with Crippen LogP contribution >= 0.6 is 0 Å². The molecule has 338 valence electrons. The highest BCUT2D eigenvalue weighted by atomic mass is 19.1. The molecule has 18 nitrogen and oxygen atoms in total. The lowest BCUT2D eigenvalue weighted by Gasteiger charge is -2.47. The van der Waals surface area contributed by atoms with Gasteiger partial charge in [-0.05, 0) is 60.5 Å². The van der Waals surface area contributed by atoms with Gasteiger partial charge in [0.25, 0.3) is 11.4 Å². The molecule has 5 aliphatic rings. The van der Waals surface area contributed by atoms with Gasteiger partial charge in [-0.2, -0.15) is 0 Å². The van der Waals surface area contributed by atoms with Crippen molar-refractivity contribution < 1.29 is 57.3 Å². The molecule has 3 saturated heterocycles. The van der Waals surface area contributed by atoms with E-state index in [9.17, 15) is 34.4 Å². The molecule has 6 rings (SSSR count). The number of hydrogen-bond acceptors (Lipinski definition) is 16. The zero-order chi connectivity index (χ0) is 44.9. The van der Waals surface area contributed by atoms with Crippen molar-refractivity contribution in [2.24, 2.45) is 23.7 Å². The van der Waals surface area contributed by atoms with Gasteiger partial charge in [0.05, 0.1) is 34.5 Å². The molecule has 1 spiro atoms. The van der Waals surface area contributed by atoms with Gasteiger partial charge in [-0.3, -0.25) is 24.7 Å². The fourth-order valence-corrected chi connectivity index (χ4v) is 9.90. The third-order valence-corrected chi connectivity index (χ3v) is 13.5. The number of alkyl halides is 1. The van der Waals surface area contributed by atoms with Crippen LogP contribution in [0.3, 0.4) is 0 Å². The van der Waals surface area contributed by atoms with Crippen molar-refractivity contribution in [2.45, 2.75) is 134 Å². The summed E-state index contributed by atoms with van der Waals surface area (Å²) in [6, 6.07) is 4.94. The van der Waals surface area contributed by atoms with Crippen LogP contribution in [0.1, 0.15) is 79.7 Å². The molecule has 0 bridgehead atoms. The molecule has 61 heavy (non-hydrogen) atoms. The second kappa shape index (κ2) is 17.5. The maximum Gasteiger partial charge on any atom is 0.410 e. The molecule has 0 radical (unpaired) electrons. The van der Waals surface area contributed by atoms with Crippen LogP contribution < -0.4 is 11.0 Å². The fourth-order valence-electron chi connectivity index (χ4n) is 9.90. The van der Waals surface area contributed by atoms with Crippen molar-refractivity contribution >= 4 is 35.0 Å². The van der Waals surface area contributed by atoms with Crippen molar-refractivity contribution in [1.82, 2.24) is 25.8 Å². The molecular formula is C42H61FN6O12. The quantitative estimate of drug-likeness (QED) is 0.0956. The molecule has 1 saturated carbocycles. The SMILES string of the molecule is CO[C@@]1(C)C[C@@H](C)C(=O)[C@H](C)C2N(CCCCN3C=C(c4cccc([N+](=O)[O-])c4)NN3)C(=O)O[C@@]23C(C)[C@H]3OC(=O)[C@@](C)(F)C(=O)[C@H](C)[C@H]1OC1O[C@H](C)C[C@H](N(C)C)[C@H]1O. The number of ether oxygens (including phenoxy) is 5. The second-order valence-corrected chi connectivity index (χ2v) is 18.1. The molecule has 14 atom stereocenters. The standard InChI is InChI=1S/C42H61FN6O12/c1-22-20-40(6,57-10)35(59-37-32(51)30(46(8)9)18-23(2)58-37)25(4)34(52)41(7,43)38(53)60-36-26(5)42(36)33(24(3)31(22)50)48(39(54)61-42)17-12-11-16-47-21-29(44-45-47)27-14-13-15-28(19-27)49(55)56/h13-15,19,21-26,30,32-33,35-37,44-45,51H,11-12,16-18,20H2,1-10H3/t22-,23-,24+,25+,26?,30+,32-,33?,35-,36-,37?,40+,41+,42+/m1/s1. The van der Waals surface area contributed by atoms with Crippen LogP contribution in [0, 0.1) is 33.8 Å². The van der Waals surface area contributed by atoms with Gasteiger partial charge in [0.2, 0.25) is 0 Å². The lowest BCUT2D eigenvalue weighted by Crippen LogP contribution is -2.60. The first-order chi connectivity index (χ1) is 28.6. The number of hydrazine groups is 2. The Kier molecular flexibility index (Phi) is 13.2. The average molecular weight is 861 g/mol. The minimum Gasteiger partial charge on any atom is -0.455 e. The topological polar surface area (TPSA) is 212 Å². The Balaban J connectivity index is 1.25. The molecule has 3 unspecified atom stereocenters. The summed E-state index contributed by atoms with van der Waals surface area (Å²) in [5.41, 5.74) is 1.11. The Morgan fingerprint density at radius 2 is 1.75 bits per heavy atom. The van der Waals surface area contributed by atoms with Crippen molar-refractivity contribution in [3.05, 3.63) is 46.1 Å². The van der Waals surface area contributed by atoms with E-state index in [-0.39, 0.29) is 36.6 Å². The summed E-state index contributed by atoms with van der Waals surface area (Å²) < 4.78 is 47.2. The van der Waals surface area contributed by atoms with Gasteiger partial charge in [0, 0.05) is 73.8 Å². The fraction of sp³-hybridized carbons (Fsp3) is 0.714. The van der Waals surface area contributed by atoms with E-state index in [0.29, 0.717) is 37.1 Å². The van der Waals surface area contributed by atoms with E-state index < -0.39 is 94.0 Å². The van der Waals surface area contributed by atoms with E-state index in [1.54, 1.807) is 51.0 Å². The number of aliphatic hydroxyl groups is 1. The van der Waals surface area contributed by atoms with E-state index >= 15 is 4.39 Å². The maximum absolute atomic E-state index is 16.8. The number of carbonyl (C=O) groups is 4. The Morgan fingerprint density at radius 3 is 2.41 bits per heavy atom. The number of Topliss-reactive ketones (excluding diaryl/α,β-unsaturated/α-hetero) is 2. The number of amides is 1. The number of carbonyl (C=O) groups excluding carboxylic acids is 4. The molecule has 4 aliphatic heterocycles. The molecule has 1 aromatic carbocycles. The van der Waals surface area contributed by atoms with Gasteiger partial charge in [0.15, 0.2) is 23.8 Å². The highest BCUT2D eigenvalue weighted by Gasteiger charge is 2.79. The minimum atomic E-state index is -3.18. The Labute approximate surface area is 355 Å². The lowest BCUT2D eigenvalue weighted by atomic mass is 9.75. The third-order valence-electron chi connectivity index (χ3n) is 13.5. The molecule has 0 aromatic heterocycles. The minimum absolute atomic E-state index is 0.0197. The number of halogens is 1.